The number of anilines is 3. The third-order valence-corrected chi connectivity index (χ3v) is 3.78. The molecular weight excluding hydrogens is 334 g/mol. The lowest BCUT2D eigenvalue weighted by Gasteiger charge is -2.15. The Morgan fingerprint density at radius 3 is 2.71 bits per heavy atom. The van der Waals surface area contributed by atoms with Crippen molar-refractivity contribution in [3.8, 4) is 0 Å². The van der Waals surface area contributed by atoms with Crippen LogP contribution in [0, 0.1) is 0 Å². The summed E-state index contributed by atoms with van der Waals surface area (Å²) in [5.41, 5.74) is 11.0. The van der Waals surface area contributed by atoms with Crippen LogP contribution in [0.2, 0.25) is 0 Å². The number of aliphatic hydroxyl groups is 1. The summed E-state index contributed by atoms with van der Waals surface area (Å²) >= 11 is 1.08. The molecule has 0 aromatic carbocycles. The van der Waals surface area contributed by atoms with Crippen LogP contribution in [-0.2, 0) is 11.4 Å². The topological polar surface area (TPSA) is 169 Å². The molecule has 0 aliphatic heterocycles. The van der Waals surface area contributed by atoms with Gasteiger partial charge in [-0.15, -0.1) is 0 Å². The molecule has 2 aromatic heterocycles. The Morgan fingerprint density at radius 1 is 1.42 bits per heavy atom. The third kappa shape index (κ3) is 4.14. The first-order valence-electron chi connectivity index (χ1n) is 7.00. The first kappa shape index (κ1) is 17.6. The number of primary amides is 2. The van der Waals surface area contributed by atoms with E-state index in [0.717, 1.165) is 11.5 Å². The van der Waals surface area contributed by atoms with Crippen molar-refractivity contribution in [3.05, 3.63) is 23.7 Å². The molecule has 2 rings (SSSR count). The summed E-state index contributed by atoms with van der Waals surface area (Å²) in [6.07, 6.45) is 1.76. The summed E-state index contributed by atoms with van der Waals surface area (Å²) in [5.74, 6) is -0.909. The molecule has 0 saturated carbocycles. The SMILES string of the molecule is CCC(Nc1cnc(C(N)=O)c(Nc2cc(CO)ns2)n1)C(N)=O. The largest absolute Gasteiger partial charge is 0.390 e. The molecule has 0 aliphatic rings. The van der Waals surface area contributed by atoms with Crippen molar-refractivity contribution < 1.29 is 14.7 Å². The van der Waals surface area contributed by atoms with Crippen LogP contribution in [0.1, 0.15) is 29.5 Å². The number of carbonyl (C=O) groups is 2. The highest BCUT2D eigenvalue weighted by Crippen LogP contribution is 2.23. The minimum absolute atomic E-state index is 0.0633. The van der Waals surface area contributed by atoms with E-state index in [9.17, 15) is 9.59 Å². The van der Waals surface area contributed by atoms with E-state index in [4.69, 9.17) is 16.6 Å². The zero-order valence-corrected chi connectivity index (χ0v) is 13.6. The number of aromatic nitrogens is 3. The van der Waals surface area contributed by atoms with Crippen molar-refractivity contribution in [2.75, 3.05) is 10.6 Å². The van der Waals surface area contributed by atoms with Crippen LogP contribution < -0.4 is 22.1 Å². The fraction of sp³-hybridized carbons (Fsp3) is 0.308. The second-order valence-corrected chi connectivity index (χ2v) is 5.59. The van der Waals surface area contributed by atoms with Gasteiger partial charge in [-0.25, -0.2) is 9.97 Å². The lowest BCUT2D eigenvalue weighted by atomic mass is 10.2. The minimum Gasteiger partial charge on any atom is -0.390 e. The molecule has 0 bridgehead atoms. The number of carbonyl (C=O) groups excluding carboxylic acids is 2. The summed E-state index contributed by atoms with van der Waals surface area (Å²) in [6, 6.07) is 0.992. The fourth-order valence-corrected chi connectivity index (χ4v) is 2.50. The molecule has 0 aliphatic carbocycles. The maximum Gasteiger partial charge on any atom is 0.271 e. The lowest BCUT2D eigenvalue weighted by Crippen LogP contribution is -2.35. The number of amides is 2. The number of nitrogens with one attached hydrogen (secondary N) is 2. The Bertz CT molecular complexity index is 749. The first-order valence-corrected chi connectivity index (χ1v) is 7.78. The third-order valence-electron chi connectivity index (χ3n) is 3.04. The molecule has 1 unspecified atom stereocenters. The number of nitrogens with two attached hydrogens (primary N) is 2. The second kappa shape index (κ2) is 7.66. The average molecular weight is 351 g/mol. The molecule has 7 N–H and O–H groups in total. The van der Waals surface area contributed by atoms with Crippen molar-refractivity contribution in [2.45, 2.75) is 26.0 Å². The van der Waals surface area contributed by atoms with E-state index < -0.39 is 17.9 Å². The lowest BCUT2D eigenvalue weighted by molar-refractivity contribution is -0.118. The molecule has 11 heteroatoms. The van der Waals surface area contributed by atoms with Gasteiger partial charge in [0, 0.05) is 0 Å². The van der Waals surface area contributed by atoms with E-state index in [2.05, 4.69) is 25.0 Å². The number of hydrogen-bond donors (Lipinski definition) is 5. The van der Waals surface area contributed by atoms with Gasteiger partial charge in [0.15, 0.2) is 11.5 Å². The Balaban J connectivity index is 2.30. The molecule has 2 amide bonds. The highest BCUT2D eigenvalue weighted by Gasteiger charge is 2.17. The smallest absolute Gasteiger partial charge is 0.271 e. The van der Waals surface area contributed by atoms with E-state index in [0.29, 0.717) is 17.1 Å². The van der Waals surface area contributed by atoms with Gasteiger partial charge in [0.05, 0.1) is 18.5 Å². The van der Waals surface area contributed by atoms with Gasteiger partial charge in [-0.05, 0) is 24.0 Å². The Kier molecular flexibility index (Phi) is 5.60. The molecular formula is C13H17N7O3S. The predicted molar refractivity (Wildman–Crippen MR) is 88.8 cm³/mol. The zero-order valence-electron chi connectivity index (χ0n) is 12.8. The molecule has 0 radical (unpaired) electrons. The van der Waals surface area contributed by atoms with Crippen molar-refractivity contribution in [1.82, 2.24) is 14.3 Å². The number of nitrogens with zero attached hydrogens (tertiary/aromatic N) is 3. The van der Waals surface area contributed by atoms with Crippen molar-refractivity contribution >= 4 is 40.0 Å². The summed E-state index contributed by atoms with van der Waals surface area (Å²) in [4.78, 5) is 31.0. The van der Waals surface area contributed by atoms with E-state index in [1.165, 1.54) is 6.20 Å². The molecule has 0 saturated heterocycles. The van der Waals surface area contributed by atoms with Crippen molar-refractivity contribution in [2.24, 2.45) is 11.5 Å². The first-order chi connectivity index (χ1) is 11.4. The van der Waals surface area contributed by atoms with Crippen LogP contribution in [-0.4, -0.2) is 37.3 Å². The van der Waals surface area contributed by atoms with Gasteiger partial charge in [0.1, 0.15) is 16.9 Å². The van der Waals surface area contributed by atoms with Gasteiger partial charge in [0.2, 0.25) is 5.91 Å². The second-order valence-electron chi connectivity index (χ2n) is 4.79. The summed E-state index contributed by atoms with van der Waals surface area (Å²) in [5, 5.41) is 15.3. The van der Waals surface area contributed by atoms with Gasteiger partial charge in [-0.1, -0.05) is 6.92 Å². The number of aliphatic hydroxyl groups excluding tert-OH is 1. The number of hydrogen-bond acceptors (Lipinski definition) is 9. The predicted octanol–water partition coefficient (Wildman–Crippen LogP) is -0.0563. The number of rotatable bonds is 8. The van der Waals surface area contributed by atoms with Crippen LogP contribution in [0.5, 0.6) is 0 Å². The summed E-state index contributed by atoms with van der Waals surface area (Å²) < 4.78 is 4.00. The summed E-state index contributed by atoms with van der Waals surface area (Å²) in [6.45, 7) is 1.59. The maximum absolute atomic E-state index is 11.5. The Hall–Kier alpha value is -2.79. The van der Waals surface area contributed by atoms with E-state index in [-0.39, 0.29) is 23.9 Å². The van der Waals surface area contributed by atoms with E-state index in [1.807, 2.05) is 0 Å². The van der Waals surface area contributed by atoms with Crippen LogP contribution >= 0.6 is 11.5 Å². The van der Waals surface area contributed by atoms with E-state index in [1.54, 1.807) is 13.0 Å². The quantitative estimate of drug-likeness (QED) is 0.440. The molecule has 10 nitrogen and oxygen atoms in total. The molecule has 2 heterocycles. The molecule has 24 heavy (non-hydrogen) atoms. The van der Waals surface area contributed by atoms with Crippen LogP contribution in [0.25, 0.3) is 0 Å². The molecule has 0 fully saturated rings. The van der Waals surface area contributed by atoms with Crippen LogP contribution in [0.3, 0.4) is 0 Å². The fourth-order valence-electron chi connectivity index (χ4n) is 1.84. The van der Waals surface area contributed by atoms with Gasteiger partial charge in [-0.3, -0.25) is 9.59 Å². The monoisotopic (exact) mass is 351 g/mol. The zero-order chi connectivity index (χ0) is 17.7. The highest BCUT2D eigenvalue weighted by molar-refractivity contribution is 7.10. The normalized spacial score (nSPS) is 11.8. The van der Waals surface area contributed by atoms with Gasteiger partial charge < -0.3 is 27.2 Å². The molecule has 128 valence electrons. The molecule has 1 atom stereocenters. The highest BCUT2D eigenvalue weighted by atomic mass is 32.1. The summed E-state index contributed by atoms with van der Waals surface area (Å²) in [7, 11) is 0. The van der Waals surface area contributed by atoms with Gasteiger partial charge in [-0.2, -0.15) is 4.37 Å². The molecule has 2 aromatic rings. The van der Waals surface area contributed by atoms with Gasteiger partial charge >= 0.3 is 0 Å². The minimum atomic E-state index is -0.759. The Morgan fingerprint density at radius 2 is 2.17 bits per heavy atom. The van der Waals surface area contributed by atoms with Gasteiger partial charge in [0.25, 0.3) is 5.91 Å². The van der Waals surface area contributed by atoms with Crippen molar-refractivity contribution in [1.29, 1.82) is 0 Å². The van der Waals surface area contributed by atoms with Crippen molar-refractivity contribution in [3.63, 3.8) is 0 Å². The van der Waals surface area contributed by atoms with E-state index >= 15 is 0 Å². The standard InChI is InChI=1S/C13H17N7O3S/c1-2-7(11(14)22)17-8-4-16-10(12(15)23)13(18-8)19-9-3-6(5-21)20-24-9/h3-4,7,21H,2,5H2,1H3,(H2,14,22)(H2,15,23)(H2,17,18,19). The molecule has 0 spiro atoms. The Labute approximate surface area is 141 Å². The van der Waals surface area contributed by atoms with Crippen LogP contribution in [0.15, 0.2) is 12.3 Å². The maximum atomic E-state index is 11.5. The van der Waals surface area contributed by atoms with Crippen LogP contribution in [0.4, 0.5) is 16.6 Å². The average Bonchev–Trinajstić information content (AvgIpc) is 2.99.